The molecule has 1 aromatic heterocycles. The Bertz CT molecular complexity index is 755. The van der Waals surface area contributed by atoms with Gasteiger partial charge in [0, 0.05) is 30.9 Å². The zero-order valence-electron chi connectivity index (χ0n) is 17.7. The molecule has 0 aliphatic carbocycles. The van der Waals surface area contributed by atoms with Crippen LogP contribution in [0.2, 0.25) is 0 Å². The van der Waals surface area contributed by atoms with Gasteiger partial charge in [-0.2, -0.15) is 0 Å². The minimum atomic E-state index is -0.489. The van der Waals surface area contributed by atoms with Crippen LogP contribution in [0, 0.1) is 13.8 Å². The van der Waals surface area contributed by atoms with Crippen LogP contribution < -0.4 is 14.8 Å². The molecule has 1 aliphatic rings. The molecule has 3 rings (SSSR count). The number of likely N-dealkylation sites (tertiary alicyclic amines) is 1. The standard InChI is InChI=1S/C22H33N3O3S/c1-16-17(2)29-22(24-16)8-9-23-13-18-6-7-20(21(12-18)27-3)28-15-19(26)14-25-10-4-5-11-25/h6-7,12,19,23,26H,4-5,8-11,13-15H2,1-3H3. The Kier molecular flexibility index (Phi) is 8.29. The summed E-state index contributed by atoms with van der Waals surface area (Å²) in [6, 6.07) is 5.95. The number of aromatic nitrogens is 1. The Morgan fingerprint density at radius 3 is 2.72 bits per heavy atom. The number of β-amino-alcohol motifs (C(OH)–C–C–N with tert-alkyl or cyclic N) is 1. The second-order valence-corrected chi connectivity index (χ2v) is 8.92. The summed E-state index contributed by atoms with van der Waals surface area (Å²) >= 11 is 1.78. The number of hydrogen-bond donors (Lipinski definition) is 2. The van der Waals surface area contributed by atoms with E-state index < -0.39 is 6.10 Å². The highest BCUT2D eigenvalue weighted by atomic mass is 32.1. The predicted octanol–water partition coefficient (Wildman–Crippen LogP) is 2.94. The third kappa shape index (κ3) is 6.67. The summed E-state index contributed by atoms with van der Waals surface area (Å²) in [4.78, 5) is 8.16. The van der Waals surface area contributed by atoms with Gasteiger partial charge in [-0.15, -0.1) is 11.3 Å². The number of aliphatic hydroxyl groups excluding tert-OH is 1. The molecule has 1 aromatic carbocycles. The molecule has 0 bridgehead atoms. The van der Waals surface area contributed by atoms with Gasteiger partial charge in [0.25, 0.3) is 0 Å². The summed E-state index contributed by atoms with van der Waals surface area (Å²) in [6.07, 6.45) is 2.89. The lowest BCUT2D eigenvalue weighted by Crippen LogP contribution is -2.33. The number of benzene rings is 1. The molecule has 7 heteroatoms. The number of methoxy groups -OCH3 is 1. The number of aryl methyl sites for hydroxylation is 2. The second-order valence-electron chi connectivity index (χ2n) is 7.63. The van der Waals surface area contributed by atoms with Crippen molar-refractivity contribution in [1.82, 2.24) is 15.2 Å². The first kappa shape index (κ1) is 22.0. The number of rotatable bonds is 11. The molecule has 0 radical (unpaired) electrons. The quantitative estimate of drug-likeness (QED) is 0.546. The molecule has 1 saturated heterocycles. The van der Waals surface area contributed by atoms with E-state index >= 15 is 0 Å². The maximum absolute atomic E-state index is 10.2. The Balaban J connectivity index is 1.43. The zero-order chi connectivity index (χ0) is 20.6. The molecular formula is C22H33N3O3S. The molecule has 6 nitrogen and oxygen atoms in total. The molecule has 160 valence electrons. The highest BCUT2D eigenvalue weighted by Crippen LogP contribution is 2.28. The molecular weight excluding hydrogens is 386 g/mol. The molecule has 1 aliphatic heterocycles. The van der Waals surface area contributed by atoms with Gasteiger partial charge in [0.05, 0.1) is 17.8 Å². The SMILES string of the molecule is COc1cc(CNCCc2nc(C)c(C)s2)ccc1OCC(O)CN1CCCC1. The highest BCUT2D eigenvalue weighted by Gasteiger charge is 2.17. The summed E-state index contributed by atoms with van der Waals surface area (Å²) in [5.74, 6) is 1.37. The fourth-order valence-corrected chi connectivity index (χ4v) is 4.45. The predicted molar refractivity (Wildman–Crippen MR) is 117 cm³/mol. The van der Waals surface area contributed by atoms with E-state index in [1.165, 1.54) is 22.7 Å². The van der Waals surface area contributed by atoms with Gasteiger partial charge in [-0.25, -0.2) is 4.98 Å². The second kappa shape index (κ2) is 10.9. The van der Waals surface area contributed by atoms with E-state index in [9.17, 15) is 5.11 Å². The summed E-state index contributed by atoms with van der Waals surface area (Å²) in [5.41, 5.74) is 2.27. The first-order valence-electron chi connectivity index (χ1n) is 10.4. The van der Waals surface area contributed by atoms with E-state index in [1.54, 1.807) is 18.4 Å². The molecule has 2 aromatic rings. The van der Waals surface area contributed by atoms with Gasteiger partial charge in [-0.3, -0.25) is 0 Å². The first-order valence-corrected chi connectivity index (χ1v) is 11.2. The van der Waals surface area contributed by atoms with Crippen molar-refractivity contribution in [1.29, 1.82) is 0 Å². The molecule has 0 amide bonds. The Labute approximate surface area is 177 Å². The van der Waals surface area contributed by atoms with Crippen molar-refractivity contribution in [2.24, 2.45) is 0 Å². The third-order valence-corrected chi connectivity index (χ3v) is 6.38. The monoisotopic (exact) mass is 419 g/mol. The van der Waals surface area contributed by atoms with Gasteiger partial charge in [-0.05, 0) is 57.5 Å². The van der Waals surface area contributed by atoms with E-state index in [-0.39, 0.29) is 6.61 Å². The maximum atomic E-state index is 10.2. The molecule has 29 heavy (non-hydrogen) atoms. The van der Waals surface area contributed by atoms with Gasteiger partial charge < -0.3 is 24.8 Å². The summed E-state index contributed by atoms with van der Waals surface area (Å²) < 4.78 is 11.3. The Morgan fingerprint density at radius 1 is 1.24 bits per heavy atom. The lowest BCUT2D eigenvalue weighted by molar-refractivity contribution is 0.0747. The van der Waals surface area contributed by atoms with Crippen molar-refractivity contribution >= 4 is 11.3 Å². The summed E-state index contributed by atoms with van der Waals surface area (Å²) in [6.45, 7) is 8.91. The van der Waals surface area contributed by atoms with Crippen LogP contribution >= 0.6 is 11.3 Å². The van der Waals surface area contributed by atoms with E-state index in [0.717, 1.165) is 43.9 Å². The van der Waals surface area contributed by atoms with Gasteiger partial charge >= 0.3 is 0 Å². The topological polar surface area (TPSA) is 66.8 Å². The molecule has 1 fully saturated rings. The van der Waals surface area contributed by atoms with Crippen LogP contribution in [0.5, 0.6) is 11.5 Å². The fourth-order valence-electron chi connectivity index (χ4n) is 3.52. The van der Waals surface area contributed by atoms with Gasteiger partial charge in [0.2, 0.25) is 0 Å². The van der Waals surface area contributed by atoms with Crippen LogP contribution in [0.15, 0.2) is 18.2 Å². The minimum Gasteiger partial charge on any atom is -0.493 e. The smallest absolute Gasteiger partial charge is 0.161 e. The molecule has 0 saturated carbocycles. The van der Waals surface area contributed by atoms with E-state index in [4.69, 9.17) is 9.47 Å². The largest absolute Gasteiger partial charge is 0.493 e. The van der Waals surface area contributed by atoms with Crippen LogP contribution in [0.25, 0.3) is 0 Å². The minimum absolute atomic E-state index is 0.275. The van der Waals surface area contributed by atoms with Crippen molar-refractivity contribution in [3.8, 4) is 11.5 Å². The van der Waals surface area contributed by atoms with Crippen LogP contribution in [0.4, 0.5) is 0 Å². The Morgan fingerprint density at radius 2 is 2.03 bits per heavy atom. The van der Waals surface area contributed by atoms with E-state index in [0.29, 0.717) is 18.0 Å². The Hall–Kier alpha value is -1.67. The average Bonchev–Trinajstić information content (AvgIpc) is 3.33. The van der Waals surface area contributed by atoms with E-state index in [1.807, 2.05) is 18.2 Å². The molecule has 2 heterocycles. The van der Waals surface area contributed by atoms with Crippen molar-refractivity contribution in [3.05, 3.63) is 39.3 Å². The van der Waals surface area contributed by atoms with Crippen LogP contribution in [0.1, 0.15) is 34.0 Å². The first-order chi connectivity index (χ1) is 14.0. The van der Waals surface area contributed by atoms with Gasteiger partial charge in [0.1, 0.15) is 12.7 Å². The lowest BCUT2D eigenvalue weighted by Gasteiger charge is -2.20. The molecule has 1 unspecified atom stereocenters. The van der Waals surface area contributed by atoms with E-state index in [2.05, 4.69) is 29.0 Å². The summed E-state index contributed by atoms with van der Waals surface area (Å²) in [5, 5.41) is 14.9. The highest BCUT2D eigenvalue weighted by molar-refractivity contribution is 7.11. The number of ether oxygens (including phenoxy) is 2. The number of thiazole rings is 1. The number of nitrogens with one attached hydrogen (secondary N) is 1. The average molecular weight is 420 g/mol. The van der Waals surface area contributed by atoms with Crippen molar-refractivity contribution < 1.29 is 14.6 Å². The van der Waals surface area contributed by atoms with Gasteiger partial charge in [-0.1, -0.05) is 6.07 Å². The van der Waals surface area contributed by atoms with Crippen molar-refractivity contribution in [3.63, 3.8) is 0 Å². The summed E-state index contributed by atoms with van der Waals surface area (Å²) in [7, 11) is 1.65. The number of hydrogen-bond acceptors (Lipinski definition) is 7. The fraction of sp³-hybridized carbons (Fsp3) is 0.591. The van der Waals surface area contributed by atoms with Crippen molar-refractivity contribution in [2.75, 3.05) is 39.9 Å². The van der Waals surface area contributed by atoms with Gasteiger partial charge in [0.15, 0.2) is 11.5 Å². The maximum Gasteiger partial charge on any atom is 0.161 e. The number of aliphatic hydroxyl groups is 1. The molecule has 1 atom stereocenters. The normalized spacial score (nSPS) is 15.6. The molecule has 2 N–H and O–H groups in total. The molecule has 0 spiro atoms. The van der Waals surface area contributed by atoms with Crippen LogP contribution in [-0.2, 0) is 13.0 Å². The van der Waals surface area contributed by atoms with Crippen LogP contribution in [-0.4, -0.2) is 61.0 Å². The lowest BCUT2D eigenvalue weighted by atomic mass is 10.2. The zero-order valence-corrected chi connectivity index (χ0v) is 18.6. The number of nitrogens with zero attached hydrogens (tertiary/aromatic N) is 2. The third-order valence-electron chi connectivity index (χ3n) is 5.24. The van der Waals surface area contributed by atoms with Crippen molar-refractivity contribution in [2.45, 2.75) is 45.8 Å². The van der Waals surface area contributed by atoms with Crippen LogP contribution in [0.3, 0.4) is 0 Å².